The summed E-state index contributed by atoms with van der Waals surface area (Å²) >= 11 is 0. The minimum absolute atomic E-state index is 0.0867. The molecule has 0 fully saturated rings. The van der Waals surface area contributed by atoms with Gasteiger partial charge < -0.3 is 101 Å². The van der Waals surface area contributed by atoms with Gasteiger partial charge in [-0.1, -0.05) is 194 Å². The molecule has 0 amide bonds. The highest BCUT2D eigenvalue weighted by Crippen LogP contribution is 2.61. The van der Waals surface area contributed by atoms with Crippen LogP contribution in [-0.4, -0.2) is 232 Å². The second-order valence-electron chi connectivity index (χ2n) is 25.3. The fourth-order valence-electron chi connectivity index (χ4n) is 12.8. The van der Waals surface area contributed by atoms with E-state index in [4.69, 9.17) is 18.9 Å². The quantitative estimate of drug-likeness (QED) is 0.0273. The summed E-state index contributed by atoms with van der Waals surface area (Å²) in [6.07, 6.45) is 8.90. The summed E-state index contributed by atoms with van der Waals surface area (Å²) < 4.78 is 25.6. The number of aliphatic hydroxyl groups excluding tert-OH is 16. The Morgan fingerprint density at radius 2 is 0.625 bits per heavy atom. The molecule has 0 rings (SSSR count). The molecule has 11 unspecified atom stereocenters. The van der Waals surface area contributed by atoms with Crippen LogP contribution < -0.4 is 0 Å². The molecule has 0 aromatic heterocycles. The second kappa shape index (κ2) is 54.6. The Bertz CT molecular complexity index is 1580. The first kappa shape index (κ1) is 86.2. The molecular formula is C66H130O22. The highest BCUT2D eigenvalue weighted by molar-refractivity contribution is 5.70. The zero-order valence-electron chi connectivity index (χ0n) is 54.5. The molecule has 0 aromatic carbocycles. The number of carbonyl (C=O) groups is 2. The minimum Gasteiger partial charge on any atom is -0.462 e. The van der Waals surface area contributed by atoms with Crippen LogP contribution in [-0.2, 0) is 28.5 Å². The molecule has 0 saturated carbocycles. The van der Waals surface area contributed by atoms with Crippen LogP contribution in [0.2, 0.25) is 0 Å². The van der Waals surface area contributed by atoms with Crippen LogP contribution in [0.3, 0.4) is 0 Å². The van der Waals surface area contributed by atoms with Gasteiger partial charge in [-0.15, -0.1) is 0 Å². The van der Waals surface area contributed by atoms with E-state index in [1.54, 1.807) is 0 Å². The van der Waals surface area contributed by atoms with Crippen molar-refractivity contribution in [3.05, 3.63) is 0 Å². The number of rotatable bonds is 65. The third kappa shape index (κ3) is 36.6. The van der Waals surface area contributed by atoms with Gasteiger partial charge in [-0.3, -0.25) is 9.59 Å². The van der Waals surface area contributed by atoms with Crippen LogP contribution in [0.15, 0.2) is 0 Å². The van der Waals surface area contributed by atoms with Gasteiger partial charge in [-0.2, -0.15) is 0 Å². The Balaban J connectivity index is 7.98. The summed E-state index contributed by atoms with van der Waals surface area (Å²) in [6, 6.07) is 0. The van der Waals surface area contributed by atoms with E-state index >= 15 is 0 Å². The minimum atomic E-state index is -2.93. The molecule has 11 atom stereocenters. The van der Waals surface area contributed by atoms with Gasteiger partial charge in [0.25, 0.3) is 0 Å². The molecular weight excluding hydrogens is 1140 g/mol. The van der Waals surface area contributed by atoms with E-state index in [1.807, 2.05) is 0 Å². The maximum Gasteiger partial charge on any atom is 0.306 e. The zero-order valence-corrected chi connectivity index (χ0v) is 54.5. The highest BCUT2D eigenvalue weighted by atomic mass is 16.6. The number of carbonyl (C=O) groups excluding carboxylic acids is 2. The molecule has 22 nitrogen and oxygen atoms in total. The SMILES string of the molecule is CCCCCCCCCCCCCCCCCC(=O)OCC(OC(=O)CCCCCCCCCCCCCCCCC)C(CC(O)CO)C(CC(O)CO)(CC(O)CO)C(CC(O)CO)(OCC(O)CO)C(CC(O)CO)(CC(O)CO)OCC(O)CO. The van der Waals surface area contributed by atoms with Crippen molar-refractivity contribution in [1.82, 2.24) is 0 Å². The standard InChI is InChI=1S/C66H130O22/c1-3-5-7-9-11-13-15-17-19-21-23-25-27-29-31-33-62(83)85-51-61(88-63(84)34-32-30-28-26-24-22-20-18-16-14-12-10-8-6-4-2)60(35-52(75)41-67)64(36-53(76)42-68,37-54(77)43-69)66(40-57(80)46-72,87-50-59(82)48-74)65(38-55(78)44-70,39-56(79)45-71)86-49-58(81)47-73/h52-61,67-82H,3-51H2,1-2H3. The first-order chi connectivity index (χ1) is 42.3. The van der Waals surface area contributed by atoms with Gasteiger partial charge in [0.1, 0.15) is 36.1 Å². The fourth-order valence-corrected chi connectivity index (χ4v) is 12.8. The van der Waals surface area contributed by atoms with Crippen LogP contribution in [0.25, 0.3) is 0 Å². The summed E-state index contributed by atoms with van der Waals surface area (Å²) in [5, 5.41) is 178. The first-order valence-corrected chi connectivity index (χ1v) is 34.3. The molecule has 16 N–H and O–H groups in total. The maximum absolute atomic E-state index is 14.5. The van der Waals surface area contributed by atoms with Gasteiger partial charge in [-0.05, 0) is 32.1 Å². The molecule has 0 bridgehead atoms. The predicted molar refractivity (Wildman–Crippen MR) is 336 cm³/mol. The average molecular weight is 1280 g/mol. The fraction of sp³-hybridized carbons (Fsp3) is 0.970. The van der Waals surface area contributed by atoms with Crippen LogP contribution in [0, 0.1) is 11.3 Å². The van der Waals surface area contributed by atoms with E-state index in [2.05, 4.69) is 13.8 Å². The lowest BCUT2D eigenvalue weighted by molar-refractivity contribution is -0.324. The molecule has 0 radical (unpaired) electrons. The number of unbranched alkanes of at least 4 members (excludes halogenated alkanes) is 28. The molecule has 0 aliphatic heterocycles. The zero-order chi connectivity index (χ0) is 65.9. The van der Waals surface area contributed by atoms with Crippen molar-refractivity contribution < 1.29 is 110 Å². The molecule has 0 saturated heterocycles. The Labute approximate surface area is 528 Å². The van der Waals surface area contributed by atoms with Gasteiger partial charge in [0, 0.05) is 43.4 Å². The lowest BCUT2D eigenvalue weighted by Gasteiger charge is -2.64. The molecule has 0 aliphatic carbocycles. The smallest absolute Gasteiger partial charge is 0.306 e. The van der Waals surface area contributed by atoms with Gasteiger partial charge in [0.15, 0.2) is 0 Å². The van der Waals surface area contributed by atoms with E-state index in [0.717, 1.165) is 64.2 Å². The Hall–Kier alpha value is -1.78. The molecule has 0 aromatic rings. The average Bonchev–Trinajstić information content (AvgIpc) is 0.705. The summed E-state index contributed by atoms with van der Waals surface area (Å²) in [6.45, 7) is -7.00. The van der Waals surface area contributed by atoms with Crippen molar-refractivity contribution in [3.8, 4) is 0 Å². The van der Waals surface area contributed by atoms with E-state index in [0.29, 0.717) is 25.7 Å². The van der Waals surface area contributed by atoms with Crippen LogP contribution in [0.5, 0.6) is 0 Å². The van der Waals surface area contributed by atoms with Gasteiger partial charge in [0.05, 0.1) is 103 Å². The summed E-state index contributed by atoms with van der Waals surface area (Å²) in [5.74, 6) is -3.45. The van der Waals surface area contributed by atoms with Crippen LogP contribution in [0.4, 0.5) is 0 Å². The maximum atomic E-state index is 14.5. The molecule has 88 heavy (non-hydrogen) atoms. The number of hydrogen-bond acceptors (Lipinski definition) is 22. The van der Waals surface area contributed by atoms with Crippen molar-refractivity contribution in [1.29, 1.82) is 0 Å². The largest absolute Gasteiger partial charge is 0.462 e. The molecule has 0 heterocycles. The molecule has 526 valence electrons. The monoisotopic (exact) mass is 1270 g/mol. The third-order valence-electron chi connectivity index (χ3n) is 17.5. The number of aliphatic hydroxyl groups is 16. The number of hydrogen-bond donors (Lipinski definition) is 16. The number of esters is 2. The normalized spacial score (nSPS) is 17.6. The highest BCUT2D eigenvalue weighted by Gasteiger charge is 2.70. The topological polar surface area (TPSA) is 395 Å². The van der Waals surface area contributed by atoms with E-state index < -0.39 is 201 Å². The van der Waals surface area contributed by atoms with E-state index in [1.165, 1.54) is 103 Å². The summed E-state index contributed by atoms with van der Waals surface area (Å²) in [5.41, 5.74) is -8.28. The summed E-state index contributed by atoms with van der Waals surface area (Å²) in [4.78, 5) is 28.4. The van der Waals surface area contributed by atoms with Crippen LogP contribution in [0.1, 0.15) is 258 Å². The second-order valence-corrected chi connectivity index (χ2v) is 25.3. The molecule has 0 spiro atoms. The predicted octanol–water partition coefficient (Wildman–Crippen LogP) is 5.24. The molecule has 0 aliphatic rings. The van der Waals surface area contributed by atoms with Crippen molar-refractivity contribution in [2.45, 2.75) is 324 Å². The Kier molecular flexibility index (Phi) is 53.5. The lowest BCUT2D eigenvalue weighted by atomic mass is 9.48. The van der Waals surface area contributed by atoms with Crippen molar-refractivity contribution in [3.63, 3.8) is 0 Å². The summed E-state index contributed by atoms with van der Waals surface area (Å²) in [7, 11) is 0. The lowest BCUT2D eigenvalue weighted by Crippen LogP contribution is -2.74. The van der Waals surface area contributed by atoms with Gasteiger partial charge >= 0.3 is 11.9 Å². The Morgan fingerprint density at radius 3 is 0.966 bits per heavy atom. The van der Waals surface area contributed by atoms with Crippen molar-refractivity contribution in [2.75, 3.05) is 72.7 Å². The third-order valence-corrected chi connectivity index (χ3v) is 17.5. The van der Waals surface area contributed by atoms with Crippen LogP contribution >= 0.6 is 0 Å². The van der Waals surface area contributed by atoms with Crippen molar-refractivity contribution >= 4 is 11.9 Å². The van der Waals surface area contributed by atoms with Gasteiger partial charge in [-0.25, -0.2) is 0 Å². The van der Waals surface area contributed by atoms with Crippen molar-refractivity contribution in [2.24, 2.45) is 11.3 Å². The van der Waals surface area contributed by atoms with E-state index in [-0.39, 0.29) is 12.8 Å². The molecule has 22 heteroatoms. The van der Waals surface area contributed by atoms with Gasteiger partial charge in [0.2, 0.25) is 0 Å². The van der Waals surface area contributed by atoms with E-state index in [9.17, 15) is 91.3 Å². The number of ether oxygens (including phenoxy) is 4. The Morgan fingerprint density at radius 1 is 0.330 bits per heavy atom. The first-order valence-electron chi connectivity index (χ1n) is 34.3.